The Bertz CT molecular complexity index is 582. The Morgan fingerprint density at radius 1 is 1.19 bits per heavy atom. The highest BCUT2D eigenvalue weighted by Gasteiger charge is 2.21. The Morgan fingerprint density at radius 3 is 2.42 bits per heavy atom. The Balaban J connectivity index is 1.88. The molecule has 1 saturated heterocycles. The Kier molecular flexibility index (Phi) is 7.91. The number of hydrogen-bond acceptors (Lipinski definition) is 4. The Morgan fingerprint density at radius 2 is 1.85 bits per heavy atom. The predicted octanol–water partition coefficient (Wildman–Crippen LogP) is 2.75. The number of carbonyl (C=O) groups excluding carboxylic acids is 2. The Labute approximate surface area is 156 Å². The lowest BCUT2D eigenvalue weighted by Gasteiger charge is -2.29. The molecule has 1 aromatic carbocycles. The molecule has 1 aliphatic rings. The monoisotopic (exact) mass is 361 g/mol. The van der Waals surface area contributed by atoms with Crippen LogP contribution in [-0.4, -0.2) is 56.1 Å². The maximum atomic E-state index is 12.4. The molecule has 1 heterocycles. The summed E-state index contributed by atoms with van der Waals surface area (Å²) in [7, 11) is 0. The average Bonchev–Trinajstić information content (AvgIpc) is 2.67. The molecule has 1 aromatic rings. The van der Waals surface area contributed by atoms with Crippen molar-refractivity contribution in [3.8, 4) is 0 Å². The van der Waals surface area contributed by atoms with E-state index in [1.807, 2.05) is 38.1 Å². The van der Waals surface area contributed by atoms with Crippen molar-refractivity contribution in [3.63, 3.8) is 0 Å². The summed E-state index contributed by atoms with van der Waals surface area (Å²) in [6, 6.07) is 7.82. The summed E-state index contributed by atoms with van der Waals surface area (Å²) in [6.07, 6.45) is 1.81. The molecule has 0 aliphatic carbocycles. The third-order valence-corrected chi connectivity index (χ3v) is 4.70. The second kappa shape index (κ2) is 10.2. The number of ether oxygens (including phenoxy) is 1. The number of nitrogens with one attached hydrogen (secondary N) is 1. The normalized spacial score (nSPS) is 15.4. The molecule has 0 radical (unpaired) electrons. The van der Waals surface area contributed by atoms with Crippen molar-refractivity contribution < 1.29 is 14.3 Å². The van der Waals surface area contributed by atoms with Gasteiger partial charge in [-0.3, -0.25) is 9.59 Å². The first-order valence-corrected chi connectivity index (χ1v) is 9.56. The lowest BCUT2D eigenvalue weighted by atomic mass is 10.0. The molecule has 1 fully saturated rings. The quantitative estimate of drug-likeness (QED) is 0.773. The van der Waals surface area contributed by atoms with Crippen LogP contribution in [0.3, 0.4) is 0 Å². The molecule has 2 rings (SSSR count). The van der Waals surface area contributed by atoms with Crippen molar-refractivity contribution >= 4 is 23.2 Å². The number of likely N-dealkylation sites (N-methyl/N-ethyl adjacent to an activating group) is 1. The Hall–Kier alpha value is -2.08. The summed E-state index contributed by atoms with van der Waals surface area (Å²) in [5, 5.41) is 2.89. The third kappa shape index (κ3) is 5.73. The van der Waals surface area contributed by atoms with Gasteiger partial charge in [-0.15, -0.1) is 0 Å². The van der Waals surface area contributed by atoms with Gasteiger partial charge in [-0.25, -0.2) is 0 Å². The number of nitrogens with zero attached hydrogens (tertiary/aromatic N) is 2. The summed E-state index contributed by atoms with van der Waals surface area (Å²) >= 11 is 0. The number of morpholine rings is 1. The summed E-state index contributed by atoms with van der Waals surface area (Å²) < 4.78 is 5.37. The van der Waals surface area contributed by atoms with Crippen LogP contribution in [0.1, 0.15) is 33.6 Å². The van der Waals surface area contributed by atoms with Gasteiger partial charge in [0.25, 0.3) is 0 Å². The van der Waals surface area contributed by atoms with Crippen molar-refractivity contribution in [1.29, 1.82) is 0 Å². The number of carbonyl (C=O) groups is 2. The molecule has 26 heavy (non-hydrogen) atoms. The molecule has 0 spiro atoms. The van der Waals surface area contributed by atoms with Gasteiger partial charge in [-0.1, -0.05) is 20.3 Å². The van der Waals surface area contributed by atoms with Gasteiger partial charge in [-0.05, 0) is 37.6 Å². The van der Waals surface area contributed by atoms with E-state index in [-0.39, 0.29) is 24.3 Å². The number of rotatable bonds is 8. The topological polar surface area (TPSA) is 61.9 Å². The SMILES string of the molecule is CCCC(C)C(=O)N(CC)CC(=O)Nc1ccc(N2CCOCC2)cc1. The van der Waals surface area contributed by atoms with Gasteiger partial charge in [0, 0.05) is 36.9 Å². The highest BCUT2D eigenvalue weighted by atomic mass is 16.5. The van der Waals surface area contributed by atoms with Gasteiger partial charge in [0.2, 0.25) is 11.8 Å². The van der Waals surface area contributed by atoms with E-state index in [1.54, 1.807) is 4.90 Å². The molecule has 0 aromatic heterocycles. The highest BCUT2D eigenvalue weighted by Crippen LogP contribution is 2.19. The molecule has 6 nitrogen and oxygen atoms in total. The second-order valence-electron chi connectivity index (χ2n) is 6.74. The smallest absolute Gasteiger partial charge is 0.243 e. The fraction of sp³-hybridized carbons (Fsp3) is 0.600. The van der Waals surface area contributed by atoms with E-state index in [9.17, 15) is 9.59 Å². The van der Waals surface area contributed by atoms with E-state index >= 15 is 0 Å². The minimum absolute atomic E-state index is 0.0412. The lowest BCUT2D eigenvalue weighted by molar-refractivity contribution is -0.137. The van der Waals surface area contributed by atoms with Crippen molar-refractivity contribution in [1.82, 2.24) is 4.90 Å². The van der Waals surface area contributed by atoms with Gasteiger partial charge >= 0.3 is 0 Å². The molecule has 0 saturated carbocycles. The van der Waals surface area contributed by atoms with E-state index in [0.29, 0.717) is 6.54 Å². The molecule has 1 N–H and O–H groups in total. The van der Waals surface area contributed by atoms with Crippen LogP contribution >= 0.6 is 0 Å². The average molecular weight is 361 g/mol. The molecule has 144 valence electrons. The molecular formula is C20H31N3O3. The zero-order chi connectivity index (χ0) is 18.9. The fourth-order valence-electron chi connectivity index (χ4n) is 3.16. The molecule has 2 amide bonds. The minimum Gasteiger partial charge on any atom is -0.378 e. The first kappa shape index (κ1) is 20.2. The van der Waals surface area contributed by atoms with Crippen molar-refractivity contribution in [2.75, 3.05) is 49.6 Å². The van der Waals surface area contributed by atoms with Crippen LogP contribution in [0, 0.1) is 5.92 Å². The largest absolute Gasteiger partial charge is 0.378 e. The van der Waals surface area contributed by atoms with Crippen LogP contribution in [0.15, 0.2) is 24.3 Å². The van der Waals surface area contributed by atoms with E-state index < -0.39 is 0 Å². The van der Waals surface area contributed by atoms with Crippen LogP contribution in [0.25, 0.3) is 0 Å². The maximum Gasteiger partial charge on any atom is 0.243 e. The number of hydrogen-bond donors (Lipinski definition) is 1. The first-order valence-electron chi connectivity index (χ1n) is 9.56. The summed E-state index contributed by atoms with van der Waals surface area (Å²) in [4.78, 5) is 28.6. The predicted molar refractivity (Wildman–Crippen MR) is 104 cm³/mol. The molecule has 6 heteroatoms. The number of anilines is 2. The lowest BCUT2D eigenvalue weighted by Crippen LogP contribution is -2.40. The van der Waals surface area contributed by atoms with Crippen molar-refractivity contribution in [2.24, 2.45) is 5.92 Å². The minimum atomic E-state index is -0.164. The third-order valence-electron chi connectivity index (χ3n) is 4.70. The molecule has 0 bridgehead atoms. The molecule has 1 atom stereocenters. The molecule has 1 aliphatic heterocycles. The zero-order valence-electron chi connectivity index (χ0n) is 16.2. The van der Waals surface area contributed by atoms with E-state index in [1.165, 1.54) is 0 Å². The van der Waals surface area contributed by atoms with Gasteiger partial charge in [0.1, 0.15) is 0 Å². The molecular weight excluding hydrogens is 330 g/mol. The van der Waals surface area contributed by atoms with Gasteiger partial charge in [0.05, 0.1) is 19.8 Å². The van der Waals surface area contributed by atoms with Crippen LogP contribution in [0.4, 0.5) is 11.4 Å². The van der Waals surface area contributed by atoms with Crippen LogP contribution in [-0.2, 0) is 14.3 Å². The van der Waals surface area contributed by atoms with Crippen molar-refractivity contribution in [2.45, 2.75) is 33.6 Å². The van der Waals surface area contributed by atoms with Gasteiger partial charge in [0.15, 0.2) is 0 Å². The molecule has 1 unspecified atom stereocenters. The van der Waals surface area contributed by atoms with Crippen molar-refractivity contribution in [3.05, 3.63) is 24.3 Å². The highest BCUT2D eigenvalue weighted by molar-refractivity contribution is 5.94. The first-order chi connectivity index (χ1) is 12.5. The standard InChI is InChI=1S/C20H31N3O3/c1-4-6-16(3)20(25)22(5-2)15-19(24)21-17-7-9-18(10-8-17)23-11-13-26-14-12-23/h7-10,16H,4-6,11-15H2,1-3H3,(H,21,24). The van der Waals surface area contributed by atoms with E-state index in [4.69, 9.17) is 4.74 Å². The maximum absolute atomic E-state index is 12.4. The summed E-state index contributed by atoms with van der Waals surface area (Å²) in [5.74, 6) is -0.157. The van der Waals surface area contributed by atoms with E-state index in [0.717, 1.165) is 50.5 Å². The van der Waals surface area contributed by atoms with E-state index in [2.05, 4.69) is 17.1 Å². The number of amides is 2. The van der Waals surface area contributed by atoms with Crippen LogP contribution in [0.2, 0.25) is 0 Å². The summed E-state index contributed by atoms with van der Waals surface area (Å²) in [6.45, 7) is 9.78. The van der Waals surface area contributed by atoms with Gasteiger partial charge in [-0.2, -0.15) is 0 Å². The summed E-state index contributed by atoms with van der Waals surface area (Å²) in [5.41, 5.74) is 1.88. The van der Waals surface area contributed by atoms with Gasteiger partial charge < -0.3 is 19.9 Å². The van der Waals surface area contributed by atoms with Crippen LogP contribution < -0.4 is 10.2 Å². The zero-order valence-corrected chi connectivity index (χ0v) is 16.2. The van der Waals surface area contributed by atoms with Crippen LogP contribution in [0.5, 0.6) is 0 Å². The fourth-order valence-corrected chi connectivity index (χ4v) is 3.16. The second-order valence-corrected chi connectivity index (χ2v) is 6.74. The number of benzene rings is 1.